The average molecular weight is 428 g/mol. The molecule has 7 heteroatoms. The third-order valence-corrected chi connectivity index (χ3v) is 4.66. The van der Waals surface area contributed by atoms with E-state index in [4.69, 9.17) is 0 Å². The number of benzene rings is 3. The van der Waals surface area contributed by atoms with Gasteiger partial charge in [0.25, 0.3) is 5.69 Å². The van der Waals surface area contributed by atoms with Crippen LogP contribution in [-0.4, -0.2) is 42.4 Å². The number of nitrogens with zero attached hydrogens (tertiary/aromatic N) is 3. The molecule has 32 heavy (non-hydrogen) atoms. The van der Waals surface area contributed by atoms with Gasteiger partial charge in [0, 0.05) is 37.5 Å². The topological polar surface area (TPSA) is 97.0 Å². The largest absolute Gasteiger partial charge is 0.352 e. The molecule has 0 fully saturated rings. The molecular formula is C25H24N4O3. The summed E-state index contributed by atoms with van der Waals surface area (Å²) in [5, 5.41) is 13.8. The number of carbonyl (C=O) groups excluding carboxylic acids is 1. The van der Waals surface area contributed by atoms with Gasteiger partial charge in [-0.05, 0) is 16.7 Å². The lowest BCUT2D eigenvalue weighted by atomic mass is 10.1. The molecule has 3 rings (SSSR count). The molecular weight excluding hydrogens is 404 g/mol. The van der Waals surface area contributed by atoms with Crippen LogP contribution >= 0.6 is 0 Å². The van der Waals surface area contributed by atoms with Gasteiger partial charge in [-0.3, -0.25) is 24.9 Å². The summed E-state index contributed by atoms with van der Waals surface area (Å²) < 4.78 is 0. The maximum absolute atomic E-state index is 12.8. The first-order valence-corrected chi connectivity index (χ1v) is 10.3. The van der Waals surface area contributed by atoms with E-state index in [0.717, 1.165) is 16.7 Å². The van der Waals surface area contributed by atoms with Crippen molar-refractivity contribution in [3.63, 3.8) is 0 Å². The van der Waals surface area contributed by atoms with E-state index in [1.165, 1.54) is 12.1 Å². The molecule has 0 spiro atoms. The minimum atomic E-state index is -0.658. The van der Waals surface area contributed by atoms with E-state index >= 15 is 0 Å². The third-order valence-electron chi connectivity index (χ3n) is 4.66. The van der Waals surface area contributed by atoms with Gasteiger partial charge in [-0.1, -0.05) is 72.8 Å². The molecule has 1 atom stereocenters. The number of non-ortho nitro benzene ring substituents is 1. The van der Waals surface area contributed by atoms with E-state index in [1.807, 2.05) is 60.7 Å². The summed E-state index contributed by atoms with van der Waals surface area (Å²) in [6, 6.07) is 24.8. The quantitative estimate of drug-likeness (QED) is 0.230. The van der Waals surface area contributed by atoms with E-state index < -0.39 is 11.0 Å². The van der Waals surface area contributed by atoms with Gasteiger partial charge >= 0.3 is 0 Å². The van der Waals surface area contributed by atoms with Crippen LogP contribution in [0.4, 0.5) is 5.69 Å². The van der Waals surface area contributed by atoms with E-state index in [1.54, 1.807) is 24.6 Å². The van der Waals surface area contributed by atoms with E-state index in [2.05, 4.69) is 15.3 Å². The van der Waals surface area contributed by atoms with Crippen molar-refractivity contribution in [2.75, 3.05) is 13.1 Å². The molecule has 0 aliphatic carbocycles. The average Bonchev–Trinajstić information content (AvgIpc) is 2.83. The number of carbonyl (C=O) groups is 1. The van der Waals surface area contributed by atoms with E-state index in [0.29, 0.717) is 19.5 Å². The molecule has 0 heterocycles. The summed E-state index contributed by atoms with van der Waals surface area (Å²) in [6.45, 7) is 0.840. The van der Waals surface area contributed by atoms with Crippen molar-refractivity contribution in [2.45, 2.75) is 12.5 Å². The lowest BCUT2D eigenvalue weighted by molar-refractivity contribution is -0.384. The Morgan fingerprint density at radius 1 is 0.906 bits per heavy atom. The van der Waals surface area contributed by atoms with Crippen LogP contribution in [0.3, 0.4) is 0 Å². The number of nitro benzene ring substituents is 1. The van der Waals surface area contributed by atoms with Crippen LogP contribution in [-0.2, 0) is 11.2 Å². The van der Waals surface area contributed by atoms with Crippen LogP contribution in [0.15, 0.2) is 94.9 Å². The van der Waals surface area contributed by atoms with Crippen molar-refractivity contribution in [3.05, 3.63) is 112 Å². The number of amides is 1. The van der Waals surface area contributed by atoms with E-state index in [9.17, 15) is 14.9 Å². The second-order valence-corrected chi connectivity index (χ2v) is 7.07. The van der Waals surface area contributed by atoms with Gasteiger partial charge in [0.05, 0.1) is 11.5 Å². The van der Waals surface area contributed by atoms with Gasteiger partial charge in [0.15, 0.2) is 0 Å². The summed E-state index contributed by atoms with van der Waals surface area (Å²) in [5.74, 6) is -0.217. The van der Waals surface area contributed by atoms with Crippen LogP contribution in [0.25, 0.3) is 0 Å². The maximum Gasteiger partial charge on any atom is 0.269 e. The summed E-state index contributed by atoms with van der Waals surface area (Å²) in [5.41, 5.74) is 2.70. The monoisotopic (exact) mass is 428 g/mol. The maximum atomic E-state index is 12.8. The lowest BCUT2D eigenvalue weighted by Gasteiger charge is -2.13. The zero-order valence-electron chi connectivity index (χ0n) is 17.5. The molecule has 0 bridgehead atoms. The minimum absolute atomic E-state index is 0.0128. The molecule has 3 aromatic carbocycles. The Balaban J connectivity index is 1.62. The Bertz CT molecular complexity index is 1070. The Morgan fingerprint density at radius 3 is 2.09 bits per heavy atom. The van der Waals surface area contributed by atoms with Gasteiger partial charge < -0.3 is 5.32 Å². The number of nitro groups is 1. The molecule has 0 aliphatic rings. The van der Waals surface area contributed by atoms with Gasteiger partial charge in [0.2, 0.25) is 5.91 Å². The zero-order chi connectivity index (χ0) is 22.6. The third kappa shape index (κ3) is 7.28. The molecule has 0 saturated carbocycles. The minimum Gasteiger partial charge on any atom is -0.352 e. The molecule has 3 aromatic rings. The summed E-state index contributed by atoms with van der Waals surface area (Å²) in [4.78, 5) is 32.0. The van der Waals surface area contributed by atoms with Gasteiger partial charge in [-0.2, -0.15) is 0 Å². The van der Waals surface area contributed by atoms with Crippen LogP contribution < -0.4 is 5.32 Å². The highest BCUT2D eigenvalue weighted by Gasteiger charge is 2.17. The van der Waals surface area contributed by atoms with Crippen molar-refractivity contribution in [2.24, 2.45) is 9.98 Å². The first-order valence-electron chi connectivity index (χ1n) is 10.3. The predicted molar refractivity (Wildman–Crippen MR) is 127 cm³/mol. The number of aliphatic imine (C=N–C) groups is 2. The Morgan fingerprint density at radius 2 is 1.50 bits per heavy atom. The predicted octanol–water partition coefficient (Wildman–Crippen LogP) is 3.86. The van der Waals surface area contributed by atoms with Crippen LogP contribution in [0.2, 0.25) is 0 Å². The number of rotatable bonds is 10. The molecule has 0 radical (unpaired) electrons. The van der Waals surface area contributed by atoms with Gasteiger partial charge in [-0.25, -0.2) is 0 Å². The smallest absolute Gasteiger partial charge is 0.269 e. The van der Waals surface area contributed by atoms with Crippen LogP contribution in [0, 0.1) is 10.1 Å². The van der Waals surface area contributed by atoms with Gasteiger partial charge in [0.1, 0.15) is 6.04 Å². The molecule has 0 aliphatic heterocycles. The molecule has 1 N–H and O–H groups in total. The Kier molecular flexibility index (Phi) is 8.39. The van der Waals surface area contributed by atoms with Crippen molar-refractivity contribution in [1.82, 2.24) is 5.32 Å². The first kappa shape index (κ1) is 22.6. The van der Waals surface area contributed by atoms with E-state index in [-0.39, 0.29) is 11.6 Å². The normalized spacial score (nSPS) is 12.1. The van der Waals surface area contributed by atoms with Crippen molar-refractivity contribution in [1.29, 1.82) is 0 Å². The van der Waals surface area contributed by atoms with Crippen LogP contribution in [0.1, 0.15) is 16.7 Å². The number of nitrogens with one attached hydrogen (secondary N) is 1. The SMILES string of the molecule is O=C(NCC/N=C/c1ccccc1)C(Cc1ccc([N+](=O)[O-])cc1)/N=C/c1ccccc1. The summed E-state index contributed by atoms with van der Waals surface area (Å²) in [7, 11) is 0. The molecule has 162 valence electrons. The second-order valence-electron chi connectivity index (χ2n) is 7.07. The molecule has 7 nitrogen and oxygen atoms in total. The number of hydrogen-bond donors (Lipinski definition) is 1. The lowest BCUT2D eigenvalue weighted by Crippen LogP contribution is -2.36. The molecule has 0 aromatic heterocycles. The second kappa shape index (κ2) is 11.9. The summed E-state index contributed by atoms with van der Waals surface area (Å²) in [6.07, 6.45) is 3.78. The molecule has 1 unspecified atom stereocenters. The Labute approximate surface area is 186 Å². The highest BCUT2D eigenvalue weighted by molar-refractivity contribution is 5.87. The number of hydrogen-bond acceptors (Lipinski definition) is 5. The molecule has 0 saturated heterocycles. The van der Waals surface area contributed by atoms with Crippen molar-refractivity contribution >= 4 is 24.0 Å². The van der Waals surface area contributed by atoms with Gasteiger partial charge in [-0.15, -0.1) is 0 Å². The summed E-state index contributed by atoms with van der Waals surface area (Å²) >= 11 is 0. The van der Waals surface area contributed by atoms with Crippen LogP contribution in [0.5, 0.6) is 0 Å². The fourth-order valence-corrected chi connectivity index (χ4v) is 2.98. The Hall–Kier alpha value is -4.13. The zero-order valence-corrected chi connectivity index (χ0v) is 17.5. The first-order chi connectivity index (χ1) is 15.6. The fourth-order valence-electron chi connectivity index (χ4n) is 2.98. The van der Waals surface area contributed by atoms with Crippen molar-refractivity contribution < 1.29 is 9.72 Å². The molecule has 1 amide bonds. The highest BCUT2D eigenvalue weighted by Crippen LogP contribution is 2.14. The standard InChI is InChI=1S/C25H24N4O3/c30-25(27-16-15-26-18-21-7-3-1-4-8-21)24(28-19-22-9-5-2-6-10-22)17-20-11-13-23(14-12-20)29(31)32/h1-14,18-19,24H,15-17H2,(H,27,30)/b26-18+,28-19+. The fraction of sp³-hybridized carbons (Fsp3) is 0.160. The highest BCUT2D eigenvalue weighted by atomic mass is 16.6. The van der Waals surface area contributed by atoms with Crippen molar-refractivity contribution in [3.8, 4) is 0 Å².